The minimum absolute atomic E-state index is 0.128. The third-order valence-electron chi connectivity index (χ3n) is 3.57. The Kier molecular flexibility index (Phi) is 3.86. The van der Waals surface area contributed by atoms with E-state index in [1.165, 1.54) is 17.7 Å². The molecule has 0 radical (unpaired) electrons. The summed E-state index contributed by atoms with van der Waals surface area (Å²) >= 11 is 0. The zero-order chi connectivity index (χ0) is 14.8. The van der Waals surface area contributed by atoms with Gasteiger partial charge in [0.2, 0.25) is 0 Å². The topological polar surface area (TPSA) is 44.5 Å². The van der Waals surface area contributed by atoms with Gasteiger partial charge >= 0.3 is 6.61 Å². The Hall–Kier alpha value is -1.98. The molecule has 0 bridgehead atoms. The van der Waals surface area contributed by atoms with E-state index in [9.17, 15) is 8.78 Å². The molecular formula is C16H15F2NO2. The zero-order valence-corrected chi connectivity index (χ0v) is 11.3. The standard InChI is InChI=1S/C16H15F2NO2/c17-16(18)21-14-5-3-10(4-6-14)15(19)11-1-2-12-8-20-9-13(12)7-11/h1-7,15-16H,8-9,19H2. The highest BCUT2D eigenvalue weighted by Crippen LogP contribution is 2.27. The molecule has 1 aliphatic heterocycles. The summed E-state index contributed by atoms with van der Waals surface area (Å²) in [4.78, 5) is 0. The summed E-state index contributed by atoms with van der Waals surface area (Å²) in [5, 5.41) is 0. The van der Waals surface area contributed by atoms with Crippen molar-refractivity contribution in [2.75, 3.05) is 0 Å². The Balaban J connectivity index is 1.79. The van der Waals surface area contributed by atoms with E-state index in [1.54, 1.807) is 12.1 Å². The molecule has 2 aromatic carbocycles. The molecule has 0 saturated heterocycles. The van der Waals surface area contributed by atoms with Crippen LogP contribution < -0.4 is 10.5 Å². The molecule has 3 nitrogen and oxygen atoms in total. The Morgan fingerprint density at radius 1 is 0.952 bits per heavy atom. The normalized spacial score (nSPS) is 15.0. The van der Waals surface area contributed by atoms with Crippen LogP contribution in [0.1, 0.15) is 28.3 Å². The molecule has 1 unspecified atom stereocenters. The van der Waals surface area contributed by atoms with Gasteiger partial charge in [-0.1, -0.05) is 30.3 Å². The molecule has 3 rings (SSSR count). The Labute approximate surface area is 121 Å². The average molecular weight is 291 g/mol. The molecule has 0 amide bonds. The van der Waals surface area contributed by atoms with E-state index >= 15 is 0 Å². The van der Waals surface area contributed by atoms with Crippen molar-refractivity contribution in [2.45, 2.75) is 25.9 Å². The molecule has 5 heteroatoms. The van der Waals surface area contributed by atoms with Crippen LogP contribution in [0.5, 0.6) is 5.75 Å². The second kappa shape index (κ2) is 5.79. The number of benzene rings is 2. The molecule has 1 heterocycles. The smallest absolute Gasteiger partial charge is 0.387 e. The van der Waals surface area contributed by atoms with E-state index in [-0.39, 0.29) is 11.8 Å². The van der Waals surface area contributed by atoms with Gasteiger partial charge in [0.05, 0.1) is 19.3 Å². The first kappa shape index (κ1) is 14.0. The van der Waals surface area contributed by atoms with Gasteiger partial charge < -0.3 is 15.2 Å². The summed E-state index contributed by atoms with van der Waals surface area (Å²) in [6, 6.07) is 12.1. The quantitative estimate of drug-likeness (QED) is 0.939. The Morgan fingerprint density at radius 3 is 2.33 bits per heavy atom. The Bertz CT molecular complexity index is 629. The molecule has 2 N–H and O–H groups in total. The number of hydrogen-bond acceptors (Lipinski definition) is 3. The van der Waals surface area contributed by atoms with Gasteiger partial charge in [0.1, 0.15) is 5.75 Å². The summed E-state index contributed by atoms with van der Waals surface area (Å²) in [5.41, 5.74) is 10.4. The number of halogens is 2. The zero-order valence-electron chi connectivity index (χ0n) is 11.3. The van der Waals surface area contributed by atoms with E-state index in [0.717, 1.165) is 16.7 Å². The van der Waals surface area contributed by atoms with Crippen molar-refractivity contribution in [3.05, 3.63) is 64.7 Å². The van der Waals surface area contributed by atoms with Crippen molar-refractivity contribution in [2.24, 2.45) is 5.73 Å². The van der Waals surface area contributed by atoms with Crippen LogP contribution in [-0.2, 0) is 18.0 Å². The van der Waals surface area contributed by atoms with Crippen LogP contribution in [0.2, 0.25) is 0 Å². The van der Waals surface area contributed by atoms with Gasteiger partial charge in [-0.2, -0.15) is 8.78 Å². The molecule has 0 aliphatic carbocycles. The molecule has 0 fully saturated rings. The molecule has 110 valence electrons. The largest absolute Gasteiger partial charge is 0.435 e. The number of hydrogen-bond donors (Lipinski definition) is 1. The lowest BCUT2D eigenvalue weighted by Gasteiger charge is -2.14. The van der Waals surface area contributed by atoms with Gasteiger partial charge in [0.25, 0.3) is 0 Å². The van der Waals surface area contributed by atoms with Crippen LogP contribution in [-0.4, -0.2) is 6.61 Å². The van der Waals surface area contributed by atoms with Gasteiger partial charge in [-0.25, -0.2) is 0 Å². The third kappa shape index (κ3) is 3.04. The fraction of sp³-hybridized carbons (Fsp3) is 0.250. The van der Waals surface area contributed by atoms with Crippen molar-refractivity contribution >= 4 is 0 Å². The molecular weight excluding hydrogens is 276 g/mol. The molecule has 0 spiro atoms. The maximum atomic E-state index is 12.1. The molecule has 1 aliphatic rings. The monoisotopic (exact) mass is 291 g/mol. The number of rotatable bonds is 4. The lowest BCUT2D eigenvalue weighted by molar-refractivity contribution is -0.0498. The third-order valence-corrected chi connectivity index (χ3v) is 3.57. The first-order chi connectivity index (χ1) is 10.1. The van der Waals surface area contributed by atoms with Crippen molar-refractivity contribution in [1.29, 1.82) is 0 Å². The number of ether oxygens (including phenoxy) is 2. The second-order valence-electron chi connectivity index (χ2n) is 4.95. The molecule has 0 aromatic heterocycles. The molecule has 21 heavy (non-hydrogen) atoms. The van der Waals surface area contributed by atoms with Crippen LogP contribution in [0, 0.1) is 0 Å². The molecule has 2 aromatic rings. The maximum Gasteiger partial charge on any atom is 0.387 e. The van der Waals surface area contributed by atoms with Crippen LogP contribution in [0.25, 0.3) is 0 Å². The first-order valence-corrected chi connectivity index (χ1v) is 6.63. The summed E-state index contributed by atoms with van der Waals surface area (Å²) in [6.45, 7) is -1.57. The minimum Gasteiger partial charge on any atom is -0.435 e. The van der Waals surface area contributed by atoms with Gasteiger partial charge in [-0.15, -0.1) is 0 Å². The van der Waals surface area contributed by atoms with Crippen molar-refractivity contribution in [3.8, 4) is 5.75 Å². The van der Waals surface area contributed by atoms with Crippen LogP contribution in [0.3, 0.4) is 0 Å². The van der Waals surface area contributed by atoms with E-state index in [4.69, 9.17) is 10.5 Å². The highest BCUT2D eigenvalue weighted by molar-refractivity contribution is 5.39. The van der Waals surface area contributed by atoms with Crippen molar-refractivity contribution in [3.63, 3.8) is 0 Å². The lowest BCUT2D eigenvalue weighted by atomic mass is 9.96. The van der Waals surface area contributed by atoms with Gasteiger partial charge in [-0.3, -0.25) is 0 Å². The Morgan fingerprint density at radius 2 is 1.62 bits per heavy atom. The minimum atomic E-state index is -2.82. The van der Waals surface area contributed by atoms with E-state index in [0.29, 0.717) is 13.2 Å². The molecule has 0 saturated carbocycles. The van der Waals surface area contributed by atoms with Gasteiger partial charge in [0.15, 0.2) is 0 Å². The summed E-state index contributed by atoms with van der Waals surface area (Å²) < 4.78 is 33.9. The second-order valence-corrected chi connectivity index (χ2v) is 4.95. The predicted octanol–water partition coefficient (Wildman–Crippen LogP) is 3.37. The van der Waals surface area contributed by atoms with E-state index in [2.05, 4.69) is 4.74 Å². The molecule has 1 atom stereocenters. The van der Waals surface area contributed by atoms with E-state index < -0.39 is 6.61 Å². The number of alkyl halides is 2. The van der Waals surface area contributed by atoms with E-state index in [1.807, 2.05) is 18.2 Å². The SMILES string of the molecule is NC(c1ccc(OC(F)F)cc1)c1ccc2c(c1)COC2. The lowest BCUT2D eigenvalue weighted by Crippen LogP contribution is -2.12. The van der Waals surface area contributed by atoms with Crippen LogP contribution in [0.4, 0.5) is 8.78 Å². The first-order valence-electron chi connectivity index (χ1n) is 6.63. The van der Waals surface area contributed by atoms with Gasteiger partial charge in [0, 0.05) is 0 Å². The summed E-state index contributed by atoms with van der Waals surface area (Å²) in [5.74, 6) is 0.128. The highest BCUT2D eigenvalue weighted by Gasteiger charge is 2.15. The summed E-state index contributed by atoms with van der Waals surface area (Å²) in [7, 11) is 0. The number of nitrogens with two attached hydrogens (primary N) is 1. The van der Waals surface area contributed by atoms with Gasteiger partial charge in [-0.05, 0) is 34.4 Å². The average Bonchev–Trinajstić information content (AvgIpc) is 2.94. The maximum absolute atomic E-state index is 12.1. The fourth-order valence-corrected chi connectivity index (χ4v) is 2.43. The predicted molar refractivity (Wildman–Crippen MR) is 74.0 cm³/mol. The highest BCUT2D eigenvalue weighted by atomic mass is 19.3. The van der Waals surface area contributed by atoms with Crippen molar-refractivity contribution < 1.29 is 18.3 Å². The van der Waals surface area contributed by atoms with Crippen molar-refractivity contribution in [1.82, 2.24) is 0 Å². The number of fused-ring (bicyclic) bond motifs is 1. The fourth-order valence-electron chi connectivity index (χ4n) is 2.43. The van der Waals surface area contributed by atoms with Crippen LogP contribution >= 0.6 is 0 Å². The summed E-state index contributed by atoms with van der Waals surface area (Å²) in [6.07, 6.45) is 0. The van der Waals surface area contributed by atoms with Crippen LogP contribution in [0.15, 0.2) is 42.5 Å².